The summed E-state index contributed by atoms with van der Waals surface area (Å²) in [6.07, 6.45) is 7.59. The molecule has 3 rings (SSSR count). The van der Waals surface area contributed by atoms with Crippen molar-refractivity contribution in [3.8, 4) is 34.0 Å². The van der Waals surface area contributed by atoms with Gasteiger partial charge in [0.15, 0.2) is 0 Å². The fourth-order valence-electron chi connectivity index (χ4n) is 3.07. The summed E-state index contributed by atoms with van der Waals surface area (Å²) in [5.74, 6) is 1.14. The summed E-state index contributed by atoms with van der Waals surface area (Å²) in [6.45, 7) is 3.01. The molecule has 146 valence electrons. The lowest BCUT2D eigenvalue weighted by molar-refractivity contribution is 0.304. The van der Waals surface area contributed by atoms with Gasteiger partial charge in [0.1, 0.15) is 11.5 Å². The third-order valence-electron chi connectivity index (χ3n) is 4.74. The molecular formula is C24H28N2O2. The summed E-state index contributed by atoms with van der Waals surface area (Å²) in [5, 5.41) is 18.0. The maximum Gasteiger partial charge on any atom is 0.119 e. The number of nitrogens with zero attached hydrogens (tertiary/aromatic N) is 2. The molecule has 0 saturated carbocycles. The molecule has 0 aliphatic carbocycles. The van der Waals surface area contributed by atoms with Crippen molar-refractivity contribution < 1.29 is 9.84 Å². The average Bonchev–Trinajstić information content (AvgIpc) is 2.74. The van der Waals surface area contributed by atoms with Crippen LogP contribution in [0.4, 0.5) is 0 Å². The van der Waals surface area contributed by atoms with Gasteiger partial charge in [-0.1, -0.05) is 39.0 Å². The van der Waals surface area contributed by atoms with Crippen LogP contribution in [0.2, 0.25) is 0 Å². The number of unbranched alkanes of at least 4 members (excludes halogenated alkanes) is 5. The molecule has 3 aromatic rings. The molecular weight excluding hydrogens is 348 g/mol. The fourth-order valence-corrected chi connectivity index (χ4v) is 3.07. The molecule has 0 aliphatic heterocycles. The number of aromatic hydroxyl groups is 1. The monoisotopic (exact) mass is 376 g/mol. The van der Waals surface area contributed by atoms with Crippen molar-refractivity contribution in [2.24, 2.45) is 0 Å². The first-order valence-corrected chi connectivity index (χ1v) is 10.1. The van der Waals surface area contributed by atoms with Gasteiger partial charge in [0.05, 0.1) is 18.0 Å². The van der Waals surface area contributed by atoms with Crippen LogP contribution in [0.15, 0.2) is 60.7 Å². The van der Waals surface area contributed by atoms with Gasteiger partial charge in [-0.3, -0.25) is 0 Å². The molecule has 0 unspecified atom stereocenters. The molecule has 0 spiro atoms. The molecule has 0 fully saturated rings. The van der Waals surface area contributed by atoms with Crippen molar-refractivity contribution in [2.45, 2.75) is 45.4 Å². The smallest absolute Gasteiger partial charge is 0.119 e. The molecule has 4 nitrogen and oxygen atoms in total. The second-order valence-corrected chi connectivity index (χ2v) is 6.99. The molecule has 0 saturated heterocycles. The van der Waals surface area contributed by atoms with E-state index in [1.807, 2.05) is 48.5 Å². The molecule has 0 amide bonds. The predicted octanol–water partition coefficient (Wildman–Crippen LogP) is 6.26. The molecule has 1 aromatic heterocycles. The number of phenolic OH excluding ortho intramolecular Hbond substituents is 1. The summed E-state index contributed by atoms with van der Waals surface area (Å²) in [6, 6.07) is 18.9. The maximum atomic E-state index is 9.38. The number of aromatic nitrogens is 2. The minimum atomic E-state index is 0.243. The quantitative estimate of drug-likeness (QED) is 0.425. The Balaban J connectivity index is 1.51. The van der Waals surface area contributed by atoms with Gasteiger partial charge >= 0.3 is 0 Å². The Kier molecular flexibility index (Phi) is 7.42. The van der Waals surface area contributed by atoms with E-state index in [-0.39, 0.29) is 5.75 Å². The van der Waals surface area contributed by atoms with Gasteiger partial charge in [-0.25, -0.2) is 0 Å². The van der Waals surface area contributed by atoms with Crippen LogP contribution < -0.4 is 4.74 Å². The maximum absolute atomic E-state index is 9.38. The van der Waals surface area contributed by atoms with Gasteiger partial charge in [-0.2, -0.15) is 0 Å². The van der Waals surface area contributed by atoms with E-state index < -0.39 is 0 Å². The second kappa shape index (κ2) is 10.5. The van der Waals surface area contributed by atoms with Crippen LogP contribution >= 0.6 is 0 Å². The Morgan fingerprint density at radius 2 is 1.21 bits per heavy atom. The Hall–Kier alpha value is -2.88. The predicted molar refractivity (Wildman–Crippen MR) is 113 cm³/mol. The molecule has 28 heavy (non-hydrogen) atoms. The SMILES string of the molecule is CCCCCCCCOc1ccc(-c2ccc(-c3ccc(O)cc3)nn2)cc1. The number of hydrogen-bond acceptors (Lipinski definition) is 4. The minimum Gasteiger partial charge on any atom is -0.508 e. The van der Waals surface area contributed by atoms with Crippen LogP contribution in [0.5, 0.6) is 11.5 Å². The lowest BCUT2D eigenvalue weighted by atomic mass is 10.1. The molecule has 1 heterocycles. The highest BCUT2D eigenvalue weighted by atomic mass is 16.5. The summed E-state index contributed by atoms with van der Waals surface area (Å²) in [4.78, 5) is 0. The van der Waals surface area contributed by atoms with Crippen LogP contribution in [0.1, 0.15) is 45.4 Å². The fraction of sp³-hybridized carbons (Fsp3) is 0.333. The number of benzene rings is 2. The van der Waals surface area contributed by atoms with Crippen molar-refractivity contribution in [1.29, 1.82) is 0 Å². The molecule has 2 aromatic carbocycles. The zero-order valence-corrected chi connectivity index (χ0v) is 16.5. The first-order valence-electron chi connectivity index (χ1n) is 10.1. The van der Waals surface area contributed by atoms with E-state index in [9.17, 15) is 5.11 Å². The highest BCUT2D eigenvalue weighted by Gasteiger charge is 2.04. The Morgan fingerprint density at radius 1 is 0.679 bits per heavy atom. The Labute approximate surface area is 167 Å². The third kappa shape index (κ3) is 5.81. The first kappa shape index (κ1) is 19.9. The van der Waals surface area contributed by atoms with Crippen molar-refractivity contribution in [2.75, 3.05) is 6.61 Å². The number of hydrogen-bond donors (Lipinski definition) is 1. The lowest BCUT2D eigenvalue weighted by Gasteiger charge is -2.07. The van der Waals surface area contributed by atoms with Crippen LogP contribution in [-0.2, 0) is 0 Å². The standard InChI is InChI=1S/C24H28N2O2/c1-2-3-4-5-6-7-18-28-22-14-10-20(11-15-22)24-17-16-23(25-26-24)19-8-12-21(27)13-9-19/h8-17,27H,2-7,18H2,1H3. The topological polar surface area (TPSA) is 55.2 Å². The highest BCUT2D eigenvalue weighted by molar-refractivity contribution is 5.64. The highest BCUT2D eigenvalue weighted by Crippen LogP contribution is 2.24. The van der Waals surface area contributed by atoms with Crippen molar-refractivity contribution in [3.63, 3.8) is 0 Å². The van der Waals surface area contributed by atoms with Crippen molar-refractivity contribution >= 4 is 0 Å². The van der Waals surface area contributed by atoms with Gasteiger partial charge in [-0.15, -0.1) is 10.2 Å². The average molecular weight is 377 g/mol. The lowest BCUT2D eigenvalue weighted by Crippen LogP contribution is -1.97. The summed E-state index contributed by atoms with van der Waals surface area (Å²) in [5.41, 5.74) is 3.54. The van der Waals surface area contributed by atoms with Crippen LogP contribution in [0.3, 0.4) is 0 Å². The van der Waals surface area contributed by atoms with E-state index in [2.05, 4.69) is 17.1 Å². The normalized spacial score (nSPS) is 10.8. The number of rotatable bonds is 10. The molecule has 0 aliphatic rings. The van der Waals surface area contributed by atoms with E-state index >= 15 is 0 Å². The van der Waals surface area contributed by atoms with Crippen LogP contribution in [-0.4, -0.2) is 21.9 Å². The summed E-state index contributed by atoms with van der Waals surface area (Å²) >= 11 is 0. The number of ether oxygens (including phenoxy) is 1. The van der Waals surface area contributed by atoms with E-state index in [4.69, 9.17) is 4.74 Å². The first-order chi connectivity index (χ1) is 13.8. The molecule has 0 bridgehead atoms. The largest absolute Gasteiger partial charge is 0.508 e. The molecule has 4 heteroatoms. The van der Waals surface area contributed by atoms with E-state index in [1.54, 1.807) is 12.1 Å². The molecule has 0 atom stereocenters. The zero-order chi connectivity index (χ0) is 19.6. The molecule has 1 N–H and O–H groups in total. The van der Waals surface area contributed by atoms with Gasteiger partial charge in [-0.05, 0) is 67.1 Å². The van der Waals surface area contributed by atoms with Gasteiger partial charge < -0.3 is 9.84 Å². The summed E-state index contributed by atoms with van der Waals surface area (Å²) < 4.78 is 5.83. The Morgan fingerprint density at radius 3 is 1.79 bits per heavy atom. The van der Waals surface area contributed by atoms with E-state index in [0.717, 1.165) is 41.3 Å². The number of phenols is 1. The van der Waals surface area contributed by atoms with E-state index in [1.165, 1.54) is 32.1 Å². The third-order valence-corrected chi connectivity index (χ3v) is 4.74. The summed E-state index contributed by atoms with van der Waals surface area (Å²) in [7, 11) is 0. The van der Waals surface area contributed by atoms with Gasteiger partial charge in [0.2, 0.25) is 0 Å². The van der Waals surface area contributed by atoms with Crippen molar-refractivity contribution in [1.82, 2.24) is 10.2 Å². The van der Waals surface area contributed by atoms with Crippen LogP contribution in [0.25, 0.3) is 22.5 Å². The van der Waals surface area contributed by atoms with E-state index in [0.29, 0.717) is 0 Å². The molecule has 0 radical (unpaired) electrons. The van der Waals surface area contributed by atoms with Crippen LogP contribution in [0, 0.1) is 0 Å². The zero-order valence-electron chi connectivity index (χ0n) is 16.5. The second-order valence-electron chi connectivity index (χ2n) is 6.99. The van der Waals surface area contributed by atoms with Crippen molar-refractivity contribution in [3.05, 3.63) is 60.7 Å². The Bertz CT molecular complexity index is 828. The van der Waals surface area contributed by atoms with Gasteiger partial charge in [0.25, 0.3) is 0 Å². The minimum absolute atomic E-state index is 0.243. The van der Waals surface area contributed by atoms with Gasteiger partial charge in [0, 0.05) is 11.1 Å².